The summed E-state index contributed by atoms with van der Waals surface area (Å²) in [5.41, 5.74) is -0.440. The molecule has 0 saturated carbocycles. The molecule has 0 radical (unpaired) electrons. The van der Waals surface area contributed by atoms with Crippen LogP contribution in [0.2, 0.25) is 0 Å². The summed E-state index contributed by atoms with van der Waals surface area (Å²) in [5, 5.41) is 2.10. The summed E-state index contributed by atoms with van der Waals surface area (Å²) in [6, 6.07) is -0.808. The summed E-state index contributed by atoms with van der Waals surface area (Å²) < 4.78 is 72.9. The van der Waals surface area contributed by atoms with Gasteiger partial charge in [-0.1, -0.05) is 0 Å². The van der Waals surface area contributed by atoms with Gasteiger partial charge in [-0.05, 0) is 28.9 Å². The summed E-state index contributed by atoms with van der Waals surface area (Å²) in [6.45, 7) is 1.30. The molecule has 3 rings (SSSR count). The van der Waals surface area contributed by atoms with Crippen molar-refractivity contribution in [2.75, 3.05) is 5.32 Å². The first-order chi connectivity index (χ1) is 11.2. The number of anilines is 1. The number of aromatic nitrogens is 2. The number of H-pyrrole nitrogens is 1. The van der Waals surface area contributed by atoms with Crippen molar-refractivity contribution in [3.63, 3.8) is 0 Å². The lowest BCUT2D eigenvalue weighted by molar-refractivity contribution is -0.147. The third-order valence-electron chi connectivity index (χ3n) is 3.41. The molecule has 3 aromatic rings. The van der Waals surface area contributed by atoms with Gasteiger partial charge in [0.05, 0.1) is 6.20 Å². The van der Waals surface area contributed by atoms with E-state index in [4.69, 9.17) is 4.42 Å². The van der Waals surface area contributed by atoms with Crippen molar-refractivity contribution >= 4 is 32.8 Å². The van der Waals surface area contributed by atoms with Crippen molar-refractivity contribution in [3.05, 3.63) is 45.9 Å². The van der Waals surface area contributed by atoms with E-state index in [9.17, 15) is 22.0 Å². The number of nitrogens with one attached hydrogen (secondary N) is 2. The summed E-state index contributed by atoms with van der Waals surface area (Å²) >= 11 is 3.03. The van der Waals surface area contributed by atoms with Crippen molar-refractivity contribution < 1.29 is 26.4 Å². The zero-order chi connectivity index (χ0) is 17.6. The van der Waals surface area contributed by atoms with Gasteiger partial charge in [0, 0.05) is 17.0 Å². The van der Waals surface area contributed by atoms with Gasteiger partial charge in [-0.2, -0.15) is 13.2 Å². The number of nitrogens with zero attached hydrogens (tertiary/aromatic N) is 1. The van der Waals surface area contributed by atoms with Crippen LogP contribution >= 0.6 is 15.9 Å². The lowest BCUT2D eigenvalue weighted by atomic mass is 10.1. The molecule has 24 heavy (non-hydrogen) atoms. The van der Waals surface area contributed by atoms with E-state index in [2.05, 4.69) is 31.2 Å². The Morgan fingerprint density at radius 3 is 2.58 bits per heavy atom. The van der Waals surface area contributed by atoms with Crippen LogP contribution in [0.4, 0.5) is 27.9 Å². The zero-order valence-electron chi connectivity index (χ0n) is 11.9. The Hall–Kier alpha value is -2.10. The minimum absolute atomic E-state index is 0.0103. The first kappa shape index (κ1) is 16.7. The topological polar surface area (TPSA) is 53.9 Å². The number of hydrogen-bond acceptors (Lipinski definition) is 3. The van der Waals surface area contributed by atoms with Crippen LogP contribution in [0.5, 0.6) is 0 Å². The van der Waals surface area contributed by atoms with E-state index in [1.54, 1.807) is 0 Å². The SMILES string of the molecule is Cc1c([C@@H](Nc2ncc(Br)[nH]2)C(F)(F)F)oc2c(F)cc(F)cc12. The predicted molar refractivity (Wildman–Crippen MR) is 79.6 cm³/mol. The lowest BCUT2D eigenvalue weighted by Gasteiger charge is -2.20. The number of aromatic amines is 1. The van der Waals surface area contributed by atoms with E-state index >= 15 is 0 Å². The van der Waals surface area contributed by atoms with Gasteiger partial charge < -0.3 is 14.7 Å². The van der Waals surface area contributed by atoms with Crippen LogP contribution < -0.4 is 5.32 Å². The summed E-state index contributed by atoms with van der Waals surface area (Å²) in [4.78, 5) is 6.26. The highest BCUT2D eigenvalue weighted by Gasteiger charge is 2.45. The van der Waals surface area contributed by atoms with Crippen LogP contribution in [0.15, 0.2) is 27.3 Å². The molecule has 128 valence electrons. The predicted octanol–water partition coefficient (Wildman–Crippen LogP) is 5.22. The fourth-order valence-corrected chi connectivity index (χ4v) is 2.63. The normalized spacial score (nSPS) is 13.5. The first-order valence-corrected chi connectivity index (χ1v) is 7.38. The van der Waals surface area contributed by atoms with Gasteiger partial charge in [0.15, 0.2) is 17.4 Å². The Morgan fingerprint density at radius 2 is 2.00 bits per heavy atom. The maximum atomic E-state index is 13.8. The average molecular weight is 410 g/mol. The molecular formula is C14H9BrF5N3O. The Kier molecular flexibility index (Phi) is 4.02. The molecule has 0 unspecified atom stereocenters. The number of fused-ring (bicyclic) bond motifs is 1. The second kappa shape index (κ2) is 5.76. The van der Waals surface area contributed by atoms with E-state index in [-0.39, 0.29) is 16.9 Å². The quantitative estimate of drug-likeness (QED) is 0.583. The third-order valence-corrected chi connectivity index (χ3v) is 3.81. The molecule has 10 heteroatoms. The minimum atomic E-state index is -4.76. The fraction of sp³-hybridized carbons (Fsp3) is 0.214. The van der Waals surface area contributed by atoms with Gasteiger partial charge in [-0.15, -0.1) is 0 Å². The minimum Gasteiger partial charge on any atom is -0.455 e. The van der Waals surface area contributed by atoms with Crippen molar-refractivity contribution in [1.82, 2.24) is 9.97 Å². The summed E-state index contributed by atoms with van der Waals surface area (Å²) in [6.07, 6.45) is -3.48. The molecule has 0 spiro atoms. The first-order valence-electron chi connectivity index (χ1n) is 6.58. The molecule has 1 atom stereocenters. The standard InChI is InChI=1S/C14H9BrF5N3O/c1-5-7-2-6(16)3-8(17)11(7)24-10(5)12(14(18,19)20)23-13-21-4-9(15)22-13/h2-4,12H,1H3,(H2,21,22,23)/t12-/m1/s1. The highest BCUT2D eigenvalue weighted by Crippen LogP contribution is 2.40. The number of alkyl halides is 3. The van der Waals surface area contributed by atoms with E-state index in [1.807, 2.05) is 0 Å². The Morgan fingerprint density at radius 1 is 1.29 bits per heavy atom. The second-order valence-corrected chi connectivity index (χ2v) is 5.91. The van der Waals surface area contributed by atoms with Gasteiger partial charge in [0.2, 0.25) is 5.95 Å². The van der Waals surface area contributed by atoms with E-state index < -0.39 is 35.2 Å². The highest BCUT2D eigenvalue weighted by molar-refractivity contribution is 9.10. The van der Waals surface area contributed by atoms with Gasteiger partial charge in [0.1, 0.15) is 16.2 Å². The number of hydrogen-bond donors (Lipinski definition) is 2. The van der Waals surface area contributed by atoms with Crippen molar-refractivity contribution in [1.29, 1.82) is 0 Å². The number of furan rings is 1. The molecule has 4 nitrogen and oxygen atoms in total. The van der Waals surface area contributed by atoms with Gasteiger partial charge in [-0.25, -0.2) is 13.8 Å². The maximum Gasteiger partial charge on any atom is 0.415 e. The Balaban J connectivity index is 2.12. The summed E-state index contributed by atoms with van der Waals surface area (Å²) in [7, 11) is 0. The Labute approximate surface area is 140 Å². The third kappa shape index (κ3) is 2.97. The zero-order valence-corrected chi connectivity index (χ0v) is 13.5. The largest absolute Gasteiger partial charge is 0.455 e. The summed E-state index contributed by atoms with van der Waals surface area (Å²) in [5.74, 6) is -2.69. The molecule has 0 bridgehead atoms. The number of benzene rings is 1. The molecule has 0 fully saturated rings. The van der Waals surface area contributed by atoms with Crippen LogP contribution in [-0.2, 0) is 0 Å². The molecule has 0 saturated heterocycles. The van der Waals surface area contributed by atoms with E-state index in [0.717, 1.165) is 6.07 Å². The molecule has 2 heterocycles. The van der Waals surface area contributed by atoms with Crippen molar-refractivity contribution in [3.8, 4) is 0 Å². The molecule has 1 aromatic carbocycles. The second-order valence-electron chi connectivity index (χ2n) is 5.05. The van der Waals surface area contributed by atoms with Crippen LogP contribution in [0.3, 0.4) is 0 Å². The molecular weight excluding hydrogens is 401 g/mol. The highest BCUT2D eigenvalue weighted by atomic mass is 79.9. The molecule has 2 N–H and O–H groups in total. The van der Waals surface area contributed by atoms with Gasteiger partial charge in [0.25, 0.3) is 0 Å². The molecule has 0 aliphatic rings. The number of rotatable bonds is 3. The number of halogens is 6. The monoisotopic (exact) mass is 409 g/mol. The van der Waals surface area contributed by atoms with Crippen molar-refractivity contribution in [2.45, 2.75) is 19.1 Å². The van der Waals surface area contributed by atoms with Gasteiger partial charge >= 0.3 is 6.18 Å². The van der Waals surface area contributed by atoms with Gasteiger partial charge in [-0.3, -0.25) is 0 Å². The Bertz CT molecular complexity index is 902. The molecule has 0 aliphatic carbocycles. The molecule has 0 aliphatic heterocycles. The van der Waals surface area contributed by atoms with Crippen LogP contribution in [0.1, 0.15) is 17.4 Å². The van der Waals surface area contributed by atoms with Crippen LogP contribution in [-0.4, -0.2) is 16.1 Å². The average Bonchev–Trinajstić information content (AvgIpc) is 3.00. The molecule has 0 amide bonds. The molecule has 2 aromatic heterocycles. The maximum absolute atomic E-state index is 13.8. The van der Waals surface area contributed by atoms with E-state index in [0.29, 0.717) is 10.7 Å². The van der Waals surface area contributed by atoms with Crippen molar-refractivity contribution in [2.24, 2.45) is 0 Å². The van der Waals surface area contributed by atoms with Crippen LogP contribution in [0.25, 0.3) is 11.0 Å². The van der Waals surface area contributed by atoms with E-state index in [1.165, 1.54) is 13.1 Å². The smallest absolute Gasteiger partial charge is 0.415 e. The lowest BCUT2D eigenvalue weighted by Crippen LogP contribution is -2.28. The van der Waals surface area contributed by atoms with Crippen LogP contribution in [0, 0.1) is 18.6 Å². The number of aryl methyl sites for hydroxylation is 1. The fourth-order valence-electron chi connectivity index (χ4n) is 2.34. The number of imidazole rings is 1.